The van der Waals surface area contributed by atoms with E-state index in [2.05, 4.69) is 159 Å². The van der Waals surface area contributed by atoms with Gasteiger partial charge in [0, 0.05) is 36.9 Å². The summed E-state index contributed by atoms with van der Waals surface area (Å²) in [5.41, 5.74) is 7.98. The highest BCUT2D eigenvalue weighted by atomic mass is 32.1. The summed E-state index contributed by atoms with van der Waals surface area (Å²) in [5.74, 6) is 2.07. The van der Waals surface area contributed by atoms with E-state index < -0.39 is 8.07 Å². The minimum absolute atomic E-state index is 0.673. The molecule has 0 saturated carbocycles. The summed E-state index contributed by atoms with van der Waals surface area (Å²) in [7, 11) is -1.89. The Labute approximate surface area is 295 Å². The number of hydrogen-bond acceptors (Lipinski definition) is 4. The summed E-state index contributed by atoms with van der Waals surface area (Å²) in [4.78, 5) is 15.9. The van der Waals surface area contributed by atoms with E-state index in [0.717, 1.165) is 22.3 Å². The Hall–Kier alpha value is -5.75. The molecule has 50 heavy (non-hydrogen) atoms. The second kappa shape index (κ2) is 11.1. The zero-order chi connectivity index (χ0) is 33.4. The van der Waals surface area contributed by atoms with Crippen LogP contribution in [-0.2, 0) is 0 Å². The molecular weight excluding hydrogens is 643 g/mol. The standard InChI is InChI=1S/C45H31N3SSi/c1-50(2)38-20-9-8-16-33(38)41-36(18-11-21-39(41)50)45-47-43(31-24-22-29(23-25-31)28-12-4-3-5-13-28)46-44(48-45)35-17-10-19-37-40(35)34-27-26-30-14-6-7-15-32(30)42(34)49-37/h3-27H,1-2H3. The molecule has 1 aliphatic heterocycles. The molecule has 2 aromatic heterocycles. The molecule has 0 unspecified atom stereocenters. The predicted molar refractivity (Wildman–Crippen MR) is 214 cm³/mol. The van der Waals surface area contributed by atoms with Gasteiger partial charge in [0.2, 0.25) is 0 Å². The van der Waals surface area contributed by atoms with Crippen LogP contribution in [0.25, 0.3) is 87.4 Å². The molecule has 0 saturated heterocycles. The van der Waals surface area contributed by atoms with Gasteiger partial charge < -0.3 is 0 Å². The van der Waals surface area contributed by atoms with Crippen molar-refractivity contribution in [3.8, 4) is 56.4 Å². The van der Waals surface area contributed by atoms with Crippen LogP contribution in [0.1, 0.15) is 0 Å². The third-order valence-electron chi connectivity index (χ3n) is 10.4. The first-order valence-electron chi connectivity index (χ1n) is 17.0. The molecule has 10 rings (SSSR count). The molecule has 0 radical (unpaired) electrons. The van der Waals surface area contributed by atoms with Gasteiger partial charge in [-0.25, -0.2) is 15.0 Å². The molecule has 7 aromatic carbocycles. The van der Waals surface area contributed by atoms with Crippen LogP contribution in [0.2, 0.25) is 13.1 Å². The van der Waals surface area contributed by atoms with Gasteiger partial charge in [0.05, 0.1) is 0 Å². The zero-order valence-electron chi connectivity index (χ0n) is 27.7. The van der Waals surface area contributed by atoms with Crippen molar-refractivity contribution in [3.63, 3.8) is 0 Å². The Morgan fingerprint density at radius 1 is 0.440 bits per heavy atom. The van der Waals surface area contributed by atoms with Crippen LogP contribution in [0.4, 0.5) is 0 Å². The molecule has 0 atom stereocenters. The van der Waals surface area contributed by atoms with Crippen LogP contribution in [-0.4, -0.2) is 23.0 Å². The lowest BCUT2D eigenvalue weighted by Crippen LogP contribution is -2.49. The summed E-state index contributed by atoms with van der Waals surface area (Å²) >= 11 is 1.84. The molecule has 236 valence electrons. The lowest BCUT2D eigenvalue weighted by molar-refractivity contribution is 1.08. The van der Waals surface area contributed by atoms with Crippen molar-refractivity contribution >= 4 is 60.7 Å². The van der Waals surface area contributed by atoms with E-state index in [4.69, 9.17) is 15.0 Å². The van der Waals surface area contributed by atoms with Crippen LogP contribution in [0.15, 0.2) is 152 Å². The normalized spacial score (nSPS) is 13.2. The minimum Gasteiger partial charge on any atom is -0.208 e. The summed E-state index contributed by atoms with van der Waals surface area (Å²) in [6, 6.07) is 54.4. The first kappa shape index (κ1) is 29.2. The Balaban J connectivity index is 1.23. The van der Waals surface area contributed by atoms with Crippen molar-refractivity contribution in [2.45, 2.75) is 13.1 Å². The Kier molecular flexibility index (Phi) is 6.50. The Morgan fingerprint density at radius 2 is 1.06 bits per heavy atom. The van der Waals surface area contributed by atoms with Gasteiger partial charge in [-0.15, -0.1) is 11.3 Å². The van der Waals surface area contributed by atoms with Gasteiger partial charge in [-0.1, -0.05) is 159 Å². The van der Waals surface area contributed by atoms with E-state index in [1.54, 1.807) is 0 Å². The van der Waals surface area contributed by atoms with Gasteiger partial charge in [-0.2, -0.15) is 0 Å². The lowest BCUT2D eigenvalue weighted by Gasteiger charge is -2.19. The van der Waals surface area contributed by atoms with Crippen LogP contribution < -0.4 is 10.4 Å². The maximum Gasteiger partial charge on any atom is 0.164 e. The van der Waals surface area contributed by atoms with Gasteiger partial charge in [0.25, 0.3) is 0 Å². The highest BCUT2D eigenvalue weighted by Gasteiger charge is 2.38. The Bertz CT molecular complexity index is 2780. The monoisotopic (exact) mass is 673 g/mol. The number of thiophene rings is 1. The summed E-state index contributed by atoms with van der Waals surface area (Å²) in [6.07, 6.45) is 0. The molecule has 0 aliphatic carbocycles. The predicted octanol–water partition coefficient (Wildman–Crippen LogP) is 10.9. The number of hydrogen-bond donors (Lipinski definition) is 0. The number of aromatic nitrogens is 3. The fourth-order valence-corrected chi connectivity index (χ4v) is 12.2. The fraction of sp³-hybridized carbons (Fsp3) is 0.0444. The van der Waals surface area contributed by atoms with Crippen LogP contribution in [0.5, 0.6) is 0 Å². The van der Waals surface area contributed by atoms with Gasteiger partial charge in [0.15, 0.2) is 17.5 Å². The summed E-state index contributed by atoms with van der Waals surface area (Å²) < 4.78 is 2.52. The summed E-state index contributed by atoms with van der Waals surface area (Å²) in [6.45, 7) is 4.90. The largest absolute Gasteiger partial charge is 0.208 e. The number of rotatable bonds is 4. The van der Waals surface area contributed by atoms with E-state index >= 15 is 0 Å². The fourth-order valence-electron chi connectivity index (χ4n) is 7.87. The molecule has 5 heteroatoms. The molecule has 1 aliphatic rings. The molecule has 0 bridgehead atoms. The molecule has 9 aromatic rings. The highest BCUT2D eigenvalue weighted by Crippen LogP contribution is 2.43. The molecule has 0 amide bonds. The molecular formula is C45H31N3SSi. The third kappa shape index (κ3) is 4.44. The molecule has 0 spiro atoms. The second-order valence-corrected chi connectivity index (χ2v) is 19.0. The van der Waals surface area contributed by atoms with E-state index in [9.17, 15) is 0 Å². The number of nitrogens with zero attached hydrogens (tertiary/aromatic N) is 3. The number of fused-ring (bicyclic) bond motifs is 8. The van der Waals surface area contributed by atoms with Crippen LogP contribution in [0, 0.1) is 0 Å². The molecule has 0 N–H and O–H groups in total. The van der Waals surface area contributed by atoms with Crippen molar-refractivity contribution in [3.05, 3.63) is 152 Å². The van der Waals surface area contributed by atoms with Gasteiger partial charge in [-0.3, -0.25) is 0 Å². The highest BCUT2D eigenvalue weighted by molar-refractivity contribution is 7.26. The average Bonchev–Trinajstić information content (AvgIpc) is 3.68. The quantitative estimate of drug-likeness (QED) is 0.175. The van der Waals surface area contributed by atoms with Crippen molar-refractivity contribution < 1.29 is 0 Å². The second-order valence-electron chi connectivity index (χ2n) is 13.6. The van der Waals surface area contributed by atoms with Crippen molar-refractivity contribution in [1.29, 1.82) is 0 Å². The first-order chi connectivity index (χ1) is 24.5. The van der Waals surface area contributed by atoms with Gasteiger partial charge in [-0.05, 0) is 49.5 Å². The minimum atomic E-state index is -1.89. The zero-order valence-corrected chi connectivity index (χ0v) is 29.5. The lowest BCUT2D eigenvalue weighted by atomic mass is 9.99. The summed E-state index contributed by atoms with van der Waals surface area (Å²) in [5, 5.41) is 7.86. The van der Waals surface area contributed by atoms with Crippen LogP contribution >= 0.6 is 11.3 Å². The SMILES string of the molecule is C[Si]1(C)c2ccccc2-c2c(-c3nc(-c4ccc(-c5ccccc5)cc4)nc(-c4cccc5sc6c7ccccc7ccc6c45)n3)cccc21. The smallest absolute Gasteiger partial charge is 0.164 e. The third-order valence-corrected chi connectivity index (χ3v) is 15.1. The van der Waals surface area contributed by atoms with E-state index in [-0.39, 0.29) is 0 Å². The van der Waals surface area contributed by atoms with Gasteiger partial charge >= 0.3 is 0 Å². The maximum absolute atomic E-state index is 5.36. The average molecular weight is 674 g/mol. The van der Waals surface area contributed by atoms with E-state index in [1.165, 1.54) is 58.0 Å². The molecule has 3 nitrogen and oxygen atoms in total. The van der Waals surface area contributed by atoms with Crippen molar-refractivity contribution in [1.82, 2.24) is 15.0 Å². The van der Waals surface area contributed by atoms with Gasteiger partial charge in [0.1, 0.15) is 8.07 Å². The first-order valence-corrected chi connectivity index (χ1v) is 20.9. The van der Waals surface area contributed by atoms with Crippen molar-refractivity contribution in [2.24, 2.45) is 0 Å². The van der Waals surface area contributed by atoms with Crippen LogP contribution in [0.3, 0.4) is 0 Å². The molecule has 3 heterocycles. The topological polar surface area (TPSA) is 38.7 Å². The van der Waals surface area contributed by atoms with E-state index in [1.807, 2.05) is 17.4 Å². The van der Waals surface area contributed by atoms with E-state index in [0.29, 0.717) is 17.5 Å². The molecule has 0 fully saturated rings. The Morgan fingerprint density at radius 3 is 1.92 bits per heavy atom. The maximum atomic E-state index is 5.36. The van der Waals surface area contributed by atoms with Crippen molar-refractivity contribution in [2.75, 3.05) is 0 Å². The number of benzene rings is 7.